The summed E-state index contributed by atoms with van der Waals surface area (Å²) >= 11 is 0. The highest BCUT2D eigenvalue weighted by Gasteiger charge is 2.36. The molecule has 0 spiro atoms. The second kappa shape index (κ2) is 8.65. The minimum Gasteiger partial charge on any atom is -0.478 e. The molecule has 0 unspecified atom stereocenters. The first-order chi connectivity index (χ1) is 7.01. The lowest BCUT2D eigenvalue weighted by molar-refractivity contribution is -0.132. The smallest absolute Gasteiger partial charge is 0.478 e. The van der Waals surface area contributed by atoms with E-state index >= 15 is 0 Å². The van der Waals surface area contributed by atoms with Crippen molar-refractivity contribution < 1.29 is 23.2 Å². The molecule has 0 rings (SSSR count). The molecule has 5 nitrogen and oxygen atoms in total. The van der Waals surface area contributed by atoms with E-state index in [9.17, 15) is 4.79 Å². The van der Waals surface area contributed by atoms with Crippen molar-refractivity contribution in [1.29, 1.82) is 0 Å². The monoisotopic (exact) mass is 266 g/mol. The van der Waals surface area contributed by atoms with Crippen LogP contribution in [0.25, 0.3) is 0 Å². The Morgan fingerprint density at radius 2 is 1.69 bits per heavy atom. The van der Waals surface area contributed by atoms with Gasteiger partial charge in [-0.3, -0.25) is 0 Å². The Labute approximate surface area is 102 Å². The third kappa shape index (κ3) is 5.56. The summed E-state index contributed by atoms with van der Waals surface area (Å²) in [5.41, 5.74) is 0.196. The first kappa shape index (κ1) is 17.9. The molecule has 0 aliphatic carbocycles. The van der Waals surface area contributed by atoms with Crippen LogP contribution in [0.4, 0.5) is 0 Å². The maximum Gasteiger partial charge on any atom is 0.500 e. The Morgan fingerprint density at radius 1 is 1.25 bits per heavy atom. The van der Waals surface area contributed by atoms with Crippen molar-refractivity contribution >= 4 is 25.7 Å². The maximum absolute atomic E-state index is 10.5. The Morgan fingerprint density at radius 3 is 2.00 bits per heavy atom. The predicted octanol–water partition coefficient (Wildman–Crippen LogP) is -0.166. The van der Waals surface area contributed by atoms with E-state index in [1.54, 1.807) is 0 Å². The molecular weight excluding hydrogens is 244 g/mol. The maximum atomic E-state index is 10.5. The normalized spacial score (nSPS) is 10.7. The molecule has 0 amide bonds. The molecule has 0 aromatic carbocycles. The highest BCUT2D eigenvalue weighted by Crippen LogP contribution is 2.18. The van der Waals surface area contributed by atoms with E-state index in [0.717, 1.165) is 0 Å². The van der Waals surface area contributed by atoms with Gasteiger partial charge in [-0.15, -0.1) is 0 Å². The van der Waals surface area contributed by atoms with E-state index in [1.807, 2.05) is 0 Å². The van der Waals surface area contributed by atoms with E-state index < -0.39 is 14.8 Å². The third-order valence-electron chi connectivity index (χ3n) is 2.20. The van der Waals surface area contributed by atoms with Crippen LogP contribution in [0.1, 0.15) is 12.8 Å². The van der Waals surface area contributed by atoms with Gasteiger partial charge in [0.05, 0.1) is 0 Å². The molecule has 0 saturated heterocycles. The van der Waals surface area contributed by atoms with E-state index in [1.165, 1.54) is 21.3 Å². The zero-order valence-electron chi connectivity index (χ0n) is 9.41. The SMILES string of the molecule is C=C(CCC[Si](OC)(OC)OC)C(=O)O.[SiH4]. The standard InChI is InChI=1S/C9H18O5Si.H4Si/c1-8(9(10)11)6-5-7-15(12-2,13-3)14-4;/h1,5-7H2,2-4H3,(H,10,11);1H4. The van der Waals surface area contributed by atoms with Crippen LogP contribution in [0.5, 0.6) is 0 Å². The van der Waals surface area contributed by atoms with Crippen LogP contribution in [0.2, 0.25) is 6.04 Å². The molecule has 16 heavy (non-hydrogen) atoms. The second-order valence-corrected chi connectivity index (χ2v) is 6.15. The van der Waals surface area contributed by atoms with Crippen LogP contribution in [0.15, 0.2) is 12.2 Å². The number of rotatable bonds is 8. The van der Waals surface area contributed by atoms with Crippen LogP contribution in [0.3, 0.4) is 0 Å². The number of hydrogen-bond acceptors (Lipinski definition) is 4. The van der Waals surface area contributed by atoms with Gasteiger partial charge < -0.3 is 18.4 Å². The van der Waals surface area contributed by atoms with Gasteiger partial charge in [-0.2, -0.15) is 0 Å². The van der Waals surface area contributed by atoms with E-state index in [4.69, 9.17) is 18.4 Å². The molecule has 0 aromatic rings. The van der Waals surface area contributed by atoms with Crippen LogP contribution in [-0.4, -0.2) is 52.2 Å². The van der Waals surface area contributed by atoms with Crippen molar-refractivity contribution in [3.8, 4) is 0 Å². The quantitative estimate of drug-likeness (QED) is 0.488. The molecule has 0 fully saturated rings. The Bertz CT molecular complexity index is 220. The molecule has 0 bridgehead atoms. The van der Waals surface area contributed by atoms with Gasteiger partial charge in [0, 0.05) is 32.9 Å². The molecule has 0 atom stereocenters. The third-order valence-corrected chi connectivity index (χ3v) is 5.03. The second-order valence-electron chi connectivity index (χ2n) is 3.06. The van der Waals surface area contributed by atoms with E-state index in [-0.39, 0.29) is 16.5 Å². The average Bonchev–Trinajstić information content (AvgIpc) is 2.24. The van der Waals surface area contributed by atoms with Crippen molar-refractivity contribution in [3.05, 3.63) is 12.2 Å². The summed E-state index contributed by atoms with van der Waals surface area (Å²) < 4.78 is 15.6. The van der Waals surface area contributed by atoms with Gasteiger partial charge in [-0.1, -0.05) is 6.58 Å². The molecule has 0 aliphatic rings. The van der Waals surface area contributed by atoms with Crippen molar-refractivity contribution in [2.75, 3.05) is 21.3 Å². The first-order valence-corrected chi connectivity index (χ1v) is 6.51. The summed E-state index contributed by atoms with van der Waals surface area (Å²) in [4.78, 5) is 10.5. The average molecular weight is 266 g/mol. The van der Waals surface area contributed by atoms with E-state index in [2.05, 4.69) is 6.58 Å². The number of aliphatic carboxylic acids is 1. The summed E-state index contributed by atoms with van der Waals surface area (Å²) in [5, 5.41) is 8.60. The fourth-order valence-electron chi connectivity index (χ4n) is 1.18. The van der Waals surface area contributed by atoms with Crippen molar-refractivity contribution in [2.24, 2.45) is 0 Å². The number of carboxylic acids is 1. The van der Waals surface area contributed by atoms with Gasteiger partial charge in [0.15, 0.2) is 0 Å². The topological polar surface area (TPSA) is 65.0 Å². The van der Waals surface area contributed by atoms with Crippen molar-refractivity contribution in [2.45, 2.75) is 18.9 Å². The molecular formula is C9H22O5Si2. The molecule has 0 aliphatic heterocycles. The van der Waals surface area contributed by atoms with Gasteiger partial charge >= 0.3 is 14.8 Å². The summed E-state index contributed by atoms with van der Waals surface area (Å²) in [6.45, 7) is 3.44. The van der Waals surface area contributed by atoms with E-state index in [0.29, 0.717) is 18.9 Å². The van der Waals surface area contributed by atoms with Crippen LogP contribution in [0, 0.1) is 0 Å². The largest absolute Gasteiger partial charge is 0.500 e. The fourth-order valence-corrected chi connectivity index (χ4v) is 2.90. The minimum atomic E-state index is -2.55. The van der Waals surface area contributed by atoms with Crippen LogP contribution >= 0.6 is 0 Å². The molecule has 0 aromatic heterocycles. The molecule has 0 saturated carbocycles. The van der Waals surface area contributed by atoms with Gasteiger partial charge in [-0.25, -0.2) is 4.79 Å². The van der Waals surface area contributed by atoms with Crippen LogP contribution < -0.4 is 0 Å². The van der Waals surface area contributed by atoms with Crippen molar-refractivity contribution in [1.82, 2.24) is 0 Å². The Balaban J connectivity index is 0. The highest BCUT2D eigenvalue weighted by atomic mass is 28.4. The molecule has 0 heterocycles. The molecule has 96 valence electrons. The molecule has 7 heteroatoms. The lowest BCUT2D eigenvalue weighted by Gasteiger charge is -2.24. The highest BCUT2D eigenvalue weighted by molar-refractivity contribution is 6.60. The first-order valence-electron chi connectivity index (χ1n) is 4.58. The zero-order valence-corrected chi connectivity index (χ0v) is 10.4. The lowest BCUT2D eigenvalue weighted by atomic mass is 10.2. The minimum absolute atomic E-state index is 0. The predicted molar refractivity (Wildman–Crippen MR) is 68.9 cm³/mol. The van der Waals surface area contributed by atoms with Gasteiger partial charge in [-0.05, 0) is 23.8 Å². The Kier molecular flexibility index (Phi) is 9.68. The summed E-state index contributed by atoms with van der Waals surface area (Å²) in [6.07, 6.45) is 1.05. The zero-order chi connectivity index (χ0) is 11.9. The lowest BCUT2D eigenvalue weighted by Crippen LogP contribution is -2.42. The molecule has 0 radical (unpaired) electrons. The Hall–Kier alpha value is -0.476. The summed E-state index contributed by atoms with van der Waals surface area (Å²) in [5.74, 6) is -0.963. The van der Waals surface area contributed by atoms with Gasteiger partial charge in [0.25, 0.3) is 0 Å². The number of carboxylic acid groups (broad SMARTS) is 1. The van der Waals surface area contributed by atoms with Gasteiger partial charge in [0.1, 0.15) is 0 Å². The summed E-state index contributed by atoms with van der Waals surface area (Å²) in [6, 6.07) is 0.586. The van der Waals surface area contributed by atoms with Crippen LogP contribution in [-0.2, 0) is 18.1 Å². The fraction of sp³-hybridized carbons (Fsp3) is 0.667. The number of carbonyl (C=O) groups is 1. The number of hydrogen-bond donors (Lipinski definition) is 1. The van der Waals surface area contributed by atoms with Gasteiger partial charge in [0.2, 0.25) is 0 Å². The molecule has 1 N–H and O–H groups in total. The van der Waals surface area contributed by atoms with Crippen molar-refractivity contribution in [3.63, 3.8) is 0 Å². The summed E-state index contributed by atoms with van der Waals surface area (Å²) in [7, 11) is 2.05.